The maximum atomic E-state index is 14.1. The van der Waals surface area contributed by atoms with Crippen LogP contribution in [0, 0.1) is 6.92 Å². The molecule has 6 nitrogen and oxygen atoms in total. The van der Waals surface area contributed by atoms with Crippen LogP contribution in [-0.2, 0) is 12.1 Å². The molecule has 3 heterocycles. The molecule has 0 fully saturated rings. The van der Waals surface area contributed by atoms with Gasteiger partial charge in [-0.3, -0.25) is 4.57 Å². The van der Waals surface area contributed by atoms with Gasteiger partial charge >= 0.3 is 6.18 Å². The topological polar surface area (TPSA) is 57.8 Å². The van der Waals surface area contributed by atoms with Crippen LogP contribution in [0.15, 0.2) is 67.8 Å². The maximum Gasteiger partial charge on any atom is 0.416 e. The first kappa shape index (κ1) is 27.3. The van der Waals surface area contributed by atoms with E-state index in [2.05, 4.69) is 21.8 Å². The number of halogens is 6. The van der Waals surface area contributed by atoms with Gasteiger partial charge in [-0.2, -0.15) is 13.2 Å². The van der Waals surface area contributed by atoms with Gasteiger partial charge < -0.3 is 9.30 Å². The molecule has 3 aromatic rings. The highest BCUT2D eigenvalue weighted by molar-refractivity contribution is 6.31. The molecule has 5 rings (SSSR count). The zero-order valence-electron chi connectivity index (χ0n) is 21.4. The van der Waals surface area contributed by atoms with Gasteiger partial charge in [-0.1, -0.05) is 24.2 Å². The zero-order chi connectivity index (χ0) is 29.0. The van der Waals surface area contributed by atoms with Crippen molar-refractivity contribution in [3.8, 4) is 34.1 Å². The van der Waals surface area contributed by atoms with Crippen LogP contribution < -0.4 is 4.74 Å². The number of imidazole rings is 1. The summed E-state index contributed by atoms with van der Waals surface area (Å²) in [5.41, 5.74) is 0.851. The van der Waals surface area contributed by atoms with Crippen molar-refractivity contribution in [1.29, 1.82) is 0 Å². The second-order valence-electron chi connectivity index (χ2n) is 9.26. The smallest absolute Gasteiger partial charge is 0.416 e. The lowest BCUT2D eigenvalue weighted by atomic mass is 9.99. The van der Waals surface area contributed by atoms with Crippen LogP contribution in [0.3, 0.4) is 0 Å². The average Bonchev–Trinajstić information content (AvgIpc) is 3.52. The Balaban J connectivity index is 1.59. The molecule has 2 aliphatic rings. The van der Waals surface area contributed by atoms with Crippen molar-refractivity contribution in [2.45, 2.75) is 25.9 Å². The monoisotopic (exact) mass is 573 g/mol. The van der Waals surface area contributed by atoms with Crippen LogP contribution in [0.25, 0.3) is 34.0 Å². The van der Waals surface area contributed by atoms with Crippen LogP contribution in [-0.4, -0.2) is 31.4 Å². The third-order valence-corrected chi connectivity index (χ3v) is 6.54. The summed E-state index contributed by atoms with van der Waals surface area (Å²) in [6.45, 7) is 6.28. The standard InChI is InChI=1S/C28H21ClF5N5O/c1-15-12-38(14-35-15)23-6-5-17(9-24(23)40-4)25-22-11-21(29)13-39(26(22)37-36-25)16(2)18-7-19(27(3,30)31)10-20(8-18)28(32,33)34/h5-14H,2H2,1,3-4H3. The highest BCUT2D eigenvalue weighted by atomic mass is 35.5. The Morgan fingerprint density at radius 1 is 0.975 bits per heavy atom. The number of aromatic nitrogens is 5. The van der Waals surface area contributed by atoms with Crippen molar-refractivity contribution in [1.82, 2.24) is 24.3 Å². The summed E-state index contributed by atoms with van der Waals surface area (Å²) in [5, 5.41) is 8.73. The minimum absolute atomic E-state index is 0.0426. The predicted molar refractivity (Wildman–Crippen MR) is 141 cm³/mol. The summed E-state index contributed by atoms with van der Waals surface area (Å²) in [4.78, 5) is 4.24. The first-order chi connectivity index (χ1) is 18.8. The van der Waals surface area contributed by atoms with Crippen LogP contribution >= 0.6 is 11.6 Å². The summed E-state index contributed by atoms with van der Waals surface area (Å²) >= 11 is 6.39. The Hall–Kier alpha value is -4.25. The molecular formula is C28H21ClF5N5O. The van der Waals surface area contributed by atoms with Gasteiger partial charge in [-0.25, -0.2) is 13.8 Å². The van der Waals surface area contributed by atoms with E-state index in [9.17, 15) is 22.0 Å². The largest absolute Gasteiger partial charge is 0.495 e. The van der Waals surface area contributed by atoms with Crippen molar-refractivity contribution in [3.05, 3.63) is 95.2 Å². The lowest BCUT2D eigenvalue weighted by Crippen LogP contribution is -2.13. The van der Waals surface area contributed by atoms with Crippen LogP contribution in [0.2, 0.25) is 5.02 Å². The maximum absolute atomic E-state index is 14.1. The normalized spacial score (nSPS) is 12.2. The number of benzene rings is 2. The molecule has 0 unspecified atom stereocenters. The molecule has 0 saturated carbocycles. The van der Waals surface area contributed by atoms with Gasteiger partial charge in [0.25, 0.3) is 5.92 Å². The van der Waals surface area contributed by atoms with Crippen molar-refractivity contribution in [2.24, 2.45) is 0 Å². The fraction of sp³-hybridized carbons (Fsp3) is 0.179. The Bertz CT molecular complexity index is 1680. The molecule has 2 aromatic carbocycles. The van der Waals surface area contributed by atoms with E-state index in [0.29, 0.717) is 35.6 Å². The molecule has 2 aliphatic heterocycles. The van der Waals surface area contributed by atoms with Crippen LogP contribution in [0.1, 0.15) is 29.3 Å². The van der Waals surface area contributed by atoms with Crippen LogP contribution in [0.4, 0.5) is 22.0 Å². The first-order valence-electron chi connectivity index (χ1n) is 11.8. The fourth-order valence-electron chi connectivity index (χ4n) is 4.34. The average molecular weight is 574 g/mol. The summed E-state index contributed by atoms with van der Waals surface area (Å²) in [6, 6.07) is 9.15. The summed E-state index contributed by atoms with van der Waals surface area (Å²) in [5.74, 6) is -2.76. The minimum atomic E-state index is -4.85. The van der Waals surface area contributed by atoms with Gasteiger partial charge in [0.1, 0.15) is 11.4 Å². The van der Waals surface area contributed by atoms with E-state index >= 15 is 0 Å². The second kappa shape index (κ2) is 9.74. The Morgan fingerprint density at radius 2 is 1.70 bits per heavy atom. The lowest BCUT2D eigenvalue weighted by Gasteiger charge is -2.19. The van der Waals surface area contributed by atoms with Crippen LogP contribution in [0.5, 0.6) is 5.75 Å². The molecule has 1 aromatic heterocycles. The summed E-state index contributed by atoms with van der Waals surface area (Å²) in [7, 11) is 1.53. The lowest BCUT2D eigenvalue weighted by molar-refractivity contribution is -0.137. The quantitative estimate of drug-likeness (QED) is 0.194. The highest BCUT2D eigenvalue weighted by Crippen LogP contribution is 2.40. The zero-order valence-corrected chi connectivity index (χ0v) is 22.1. The van der Waals surface area contributed by atoms with E-state index in [1.54, 1.807) is 24.5 Å². The number of fused-ring (bicyclic) bond motifs is 1. The van der Waals surface area contributed by atoms with Gasteiger partial charge in [0.2, 0.25) is 0 Å². The molecular weight excluding hydrogens is 553 g/mol. The van der Waals surface area contributed by atoms with E-state index in [1.807, 2.05) is 23.8 Å². The molecule has 0 bridgehead atoms. The van der Waals surface area contributed by atoms with E-state index in [1.165, 1.54) is 17.9 Å². The van der Waals surface area contributed by atoms with Gasteiger partial charge in [0.15, 0.2) is 5.82 Å². The Labute approximate surface area is 230 Å². The molecule has 40 heavy (non-hydrogen) atoms. The van der Waals surface area contributed by atoms with Gasteiger partial charge in [-0.05, 0) is 48.9 Å². The third-order valence-electron chi connectivity index (χ3n) is 6.34. The number of alkyl halides is 5. The Morgan fingerprint density at radius 3 is 2.33 bits per heavy atom. The number of aryl methyl sites for hydroxylation is 1. The summed E-state index contributed by atoms with van der Waals surface area (Å²) < 4.78 is 77.7. The number of pyridine rings is 1. The molecule has 0 N–H and O–H groups in total. The van der Waals surface area contributed by atoms with Gasteiger partial charge in [0, 0.05) is 41.7 Å². The van der Waals surface area contributed by atoms with E-state index in [4.69, 9.17) is 16.3 Å². The Kier molecular flexibility index (Phi) is 6.65. The second-order valence-corrected chi connectivity index (χ2v) is 9.69. The molecule has 0 saturated heterocycles. The SMILES string of the molecule is C=C(c1cc(C(C)(F)F)cc(C(F)(F)F)c1)n1cc(Cl)cc2c(-c3ccc(-n4cnc(C)c4)c(OC)c3)nnc1-2. The fourth-order valence-corrected chi connectivity index (χ4v) is 4.55. The molecule has 0 atom stereocenters. The van der Waals surface area contributed by atoms with Crippen molar-refractivity contribution in [3.63, 3.8) is 0 Å². The molecule has 0 radical (unpaired) electrons. The van der Waals surface area contributed by atoms with Crippen molar-refractivity contribution >= 4 is 17.3 Å². The predicted octanol–water partition coefficient (Wildman–Crippen LogP) is 7.86. The number of nitrogens with zero attached hydrogens (tertiary/aromatic N) is 5. The van der Waals surface area contributed by atoms with Gasteiger partial charge in [-0.15, -0.1) is 10.2 Å². The molecule has 0 spiro atoms. The molecule has 0 aliphatic carbocycles. The third kappa shape index (κ3) is 5.04. The van der Waals surface area contributed by atoms with E-state index in [0.717, 1.165) is 23.5 Å². The van der Waals surface area contributed by atoms with Crippen molar-refractivity contribution < 1.29 is 26.7 Å². The first-order valence-corrected chi connectivity index (χ1v) is 12.2. The number of ether oxygens (including phenoxy) is 1. The molecule has 12 heteroatoms. The van der Waals surface area contributed by atoms with Crippen molar-refractivity contribution in [2.75, 3.05) is 7.11 Å². The van der Waals surface area contributed by atoms with E-state index in [-0.39, 0.29) is 22.1 Å². The number of rotatable bonds is 6. The molecule has 206 valence electrons. The number of methoxy groups -OCH3 is 1. The highest BCUT2D eigenvalue weighted by Gasteiger charge is 2.35. The number of hydrogen-bond donors (Lipinski definition) is 0. The van der Waals surface area contributed by atoms with E-state index < -0.39 is 23.2 Å². The number of hydrogen-bond acceptors (Lipinski definition) is 4. The minimum Gasteiger partial charge on any atom is -0.495 e. The van der Waals surface area contributed by atoms with Gasteiger partial charge in [0.05, 0.1) is 35.4 Å². The molecule has 0 amide bonds. The summed E-state index contributed by atoms with van der Waals surface area (Å²) in [6.07, 6.45) is 0.0436.